The Morgan fingerprint density at radius 1 is 1.23 bits per heavy atom. The minimum atomic E-state index is -0.254. The Hall–Kier alpha value is -2.70. The van der Waals surface area contributed by atoms with Crippen LogP contribution in [0.1, 0.15) is 18.5 Å². The Morgan fingerprint density at radius 3 is 2.59 bits per heavy atom. The van der Waals surface area contributed by atoms with E-state index in [0.717, 1.165) is 10.9 Å². The number of nitrogen functional groups attached to an aromatic ring is 1. The van der Waals surface area contributed by atoms with E-state index in [2.05, 4.69) is 15.1 Å². The number of halogens is 1. The van der Waals surface area contributed by atoms with Crippen LogP contribution in [0, 0.1) is 5.82 Å². The van der Waals surface area contributed by atoms with Crippen LogP contribution in [-0.4, -0.2) is 26.8 Å². The molecule has 0 bridgehead atoms. The number of hydrogen-bond donors (Lipinski definition) is 1. The van der Waals surface area contributed by atoms with Gasteiger partial charge in [0.05, 0.1) is 17.6 Å². The molecule has 0 saturated heterocycles. The third kappa shape index (κ3) is 2.34. The summed E-state index contributed by atoms with van der Waals surface area (Å²) in [6.45, 7) is 2.00. The van der Waals surface area contributed by atoms with Crippen LogP contribution in [0.4, 0.5) is 16.2 Å². The van der Waals surface area contributed by atoms with Crippen molar-refractivity contribution in [3.63, 3.8) is 0 Å². The van der Waals surface area contributed by atoms with Crippen LogP contribution < -0.4 is 10.6 Å². The third-order valence-corrected chi connectivity index (χ3v) is 3.86. The number of benzene rings is 1. The van der Waals surface area contributed by atoms with Gasteiger partial charge in [0.1, 0.15) is 11.6 Å². The average molecular weight is 300 g/mol. The molecule has 0 spiro atoms. The van der Waals surface area contributed by atoms with Crippen LogP contribution in [0.25, 0.3) is 11.0 Å². The van der Waals surface area contributed by atoms with E-state index in [-0.39, 0.29) is 11.9 Å². The molecule has 114 valence electrons. The number of aromatic nitrogens is 4. The van der Waals surface area contributed by atoms with Crippen molar-refractivity contribution in [3.8, 4) is 0 Å². The maximum absolute atomic E-state index is 13.0. The highest BCUT2D eigenvalue weighted by Gasteiger charge is 2.17. The lowest BCUT2D eigenvalue weighted by Crippen LogP contribution is -2.24. The summed E-state index contributed by atoms with van der Waals surface area (Å²) in [6, 6.07) is 6.37. The Labute approximate surface area is 127 Å². The summed E-state index contributed by atoms with van der Waals surface area (Å²) < 4.78 is 14.7. The van der Waals surface area contributed by atoms with Crippen molar-refractivity contribution in [2.45, 2.75) is 13.0 Å². The number of nitrogens with zero attached hydrogens (tertiary/aromatic N) is 5. The molecule has 7 heteroatoms. The normalized spacial score (nSPS) is 12.5. The Bertz CT molecular complexity index is 811. The smallest absolute Gasteiger partial charge is 0.229 e. The highest BCUT2D eigenvalue weighted by atomic mass is 19.1. The predicted molar refractivity (Wildman–Crippen MR) is 83.9 cm³/mol. The van der Waals surface area contributed by atoms with Gasteiger partial charge in [-0.2, -0.15) is 15.1 Å². The standard InChI is InChI=1S/C15H17FN6/c1-9(10-4-6-11(16)7-5-10)21(2)15-19-13(17)12-8-18-22(3)14(12)20-15/h4-9H,1-3H3,(H2,17,19,20). The van der Waals surface area contributed by atoms with Crippen LogP contribution in [-0.2, 0) is 7.05 Å². The molecule has 0 radical (unpaired) electrons. The molecule has 3 rings (SSSR count). The summed E-state index contributed by atoms with van der Waals surface area (Å²) in [4.78, 5) is 10.8. The highest BCUT2D eigenvalue weighted by molar-refractivity contribution is 5.86. The van der Waals surface area contributed by atoms with E-state index >= 15 is 0 Å². The molecule has 2 aromatic heterocycles. The fourth-order valence-electron chi connectivity index (χ4n) is 2.33. The van der Waals surface area contributed by atoms with Crippen molar-refractivity contribution < 1.29 is 4.39 Å². The van der Waals surface area contributed by atoms with Gasteiger partial charge in [-0.1, -0.05) is 12.1 Å². The molecule has 0 amide bonds. The SMILES string of the molecule is CC(c1ccc(F)cc1)N(C)c1nc(N)c2cnn(C)c2n1. The van der Waals surface area contributed by atoms with Crippen LogP contribution in [0.2, 0.25) is 0 Å². The quantitative estimate of drug-likeness (QED) is 0.803. The van der Waals surface area contributed by atoms with E-state index in [4.69, 9.17) is 5.73 Å². The zero-order chi connectivity index (χ0) is 15.9. The lowest BCUT2D eigenvalue weighted by atomic mass is 10.1. The number of aryl methyl sites for hydroxylation is 1. The summed E-state index contributed by atoms with van der Waals surface area (Å²) in [5.41, 5.74) is 7.64. The van der Waals surface area contributed by atoms with Crippen molar-refractivity contribution >= 4 is 22.8 Å². The summed E-state index contributed by atoms with van der Waals surface area (Å²) in [5, 5.41) is 4.87. The molecule has 22 heavy (non-hydrogen) atoms. The maximum atomic E-state index is 13.0. The van der Waals surface area contributed by atoms with Gasteiger partial charge >= 0.3 is 0 Å². The molecule has 1 unspecified atom stereocenters. The summed E-state index contributed by atoms with van der Waals surface area (Å²) in [6.07, 6.45) is 1.65. The first-order valence-electron chi connectivity index (χ1n) is 6.91. The number of nitrogens with two attached hydrogens (primary N) is 1. The molecule has 1 atom stereocenters. The summed E-state index contributed by atoms with van der Waals surface area (Å²) in [7, 11) is 3.69. The number of fused-ring (bicyclic) bond motifs is 1. The Morgan fingerprint density at radius 2 is 1.91 bits per heavy atom. The third-order valence-electron chi connectivity index (χ3n) is 3.86. The lowest BCUT2D eigenvalue weighted by molar-refractivity contribution is 0.624. The molecule has 1 aromatic carbocycles. The average Bonchev–Trinajstić information content (AvgIpc) is 2.88. The van der Waals surface area contributed by atoms with Crippen LogP contribution in [0.3, 0.4) is 0 Å². The zero-order valence-corrected chi connectivity index (χ0v) is 12.7. The van der Waals surface area contributed by atoms with Crippen LogP contribution in [0.5, 0.6) is 0 Å². The second-order valence-corrected chi connectivity index (χ2v) is 5.25. The molecular weight excluding hydrogens is 283 g/mol. The van der Waals surface area contributed by atoms with E-state index in [1.807, 2.05) is 25.9 Å². The van der Waals surface area contributed by atoms with Gasteiger partial charge in [0, 0.05) is 14.1 Å². The van der Waals surface area contributed by atoms with Gasteiger partial charge < -0.3 is 10.6 Å². The zero-order valence-electron chi connectivity index (χ0n) is 12.7. The topological polar surface area (TPSA) is 72.9 Å². The molecule has 3 aromatic rings. The molecule has 2 heterocycles. The van der Waals surface area contributed by atoms with Gasteiger partial charge in [-0.3, -0.25) is 4.68 Å². The second-order valence-electron chi connectivity index (χ2n) is 5.25. The predicted octanol–water partition coefficient (Wildman–Crippen LogP) is 2.28. The van der Waals surface area contributed by atoms with E-state index in [1.54, 1.807) is 23.0 Å². The van der Waals surface area contributed by atoms with Crippen molar-refractivity contribution in [2.75, 3.05) is 17.7 Å². The monoisotopic (exact) mass is 300 g/mol. The van der Waals surface area contributed by atoms with Gasteiger partial charge in [-0.05, 0) is 24.6 Å². The Balaban J connectivity index is 1.99. The number of anilines is 2. The van der Waals surface area contributed by atoms with E-state index in [1.165, 1.54) is 12.1 Å². The number of rotatable bonds is 3. The first kappa shape index (κ1) is 14.2. The molecule has 0 aliphatic carbocycles. The molecule has 6 nitrogen and oxygen atoms in total. The molecule has 0 fully saturated rings. The number of hydrogen-bond acceptors (Lipinski definition) is 5. The fourth-order valence-corrected chi connectivity index (χ4v) is 2.33. The van der Waals surface area contributed by atoms with E-state index < -0.39 is 0 Å². The van der Waals surface area contributed by atoms with Crippen molar-refractivity contribution in [1.29, 1.82) is 0 Å². The van der Waals surface area contributed by atoms with Gasteiger partial charge in [0.2, 0.25) is 5.95 Å². The van der Waals surface area contributed by atoms with Gasteiger partial charge in [0.15, 0.2) is 5.65 Å². The Kier molecular flexibility index (Phi) is 3.40. The van der Waals surface area contributed by atoms with Crippen molar-refractivity contribution in [2.24, 2.45) is 7.05 Å². The van der Waals surface area contributed by atoms with Crippen LogP contribution >= 0.6 is 0 Å². The molecule has 0 aliphatic rings. The molecule has 0 aliphatic heterocycles. The van der Waals surface area contributed by atoms with Gasteiger partial charge in [0.25, 0.3) is 0 Å². The van der Waals surface area contributed by atoms with Gasteiger partial charge in [-0.15, -0.1) is 0 Å². The fraction of sp³-hybridized carbons (Fsp3) is 0.267. The summed E-state index contributed by atoms with van der Waals surface area (Å²) >= 11 is 0. The largest absolute Gasteiger partial charge is 0.383 e. The maximum Gasteiger partial charge on any atom is 0.229 e. The minimum Gasteiger partial charge on any atom is -0.383 e. The minimum absolute atomic E-state index is 0.0225. The highest BCUT2D eigenvalue weighted by Crippen LogP contribution is 2.26. The van der Waals surface area contributed by atoms with Gasteiger partial charge in [-0.25, -0.2) is 4.39 Å². The summed E-state index contributed by atoms with van der Waals surface area (Å²) in [5.74, 6) is 0.645. The first-order chi connectivity index (χ1) is 10.5. The molecule has 0 saturated carbocycles. The lowest BCUT2D eigenvalue weighted by Gasteiger charge is -2.25. The molecular formula is C15H17FN6. The van der Waals surface area contributed by atoms with Crippen molar-refractivity contribution in [3.05, 3.63) is 41.8 Å². The van der Waals surface area contributed by atoms with Crippen molar-refractivity contribution in [1.82, 2.24) is 19.7 Å². The first-order valence-corrected chi connectivity index (χ1v) is 6.91. The van der Waals surface area contributed by atoms with E-state index in [9.17, 15) is 4.39 Å². The van der Waals surface area contributed by atoms with Crippen LogP contribution in [0.15, 0.2) is 30.5 Å². The van der Waals surface area contributed by atoms with E-state index in [0.29, 0.717) is 17.4 Å². The molecule has 2 N–H and O–H groups in total. The second kappa shape index (κ2) is 5.25.